The van der Waals surface area contributed by atoms with Crippen molar-refractivity contribution >= 4 is 0 Å². The first kappa shape index (κ1) is 12.2. The van der Waals surface area contributed by atoms with Crippen LogP contribution in [0.5, 0.6) is 0 Å². The zero-order valence-electron chi connectivity index (χ0n) is 8.07. The maximum absolute atomic E-state index is 12.7. The molecule has 6 heteroatoms. The number of nitro groups is 1. The molecule has 1 rings (SSSR count). The minimum absolute atomic E-state index is 0.184. The van der Waals surface area contributed by atoms with Crippen LogP contribution in [0.4, 0.5) is 13.2 Å². The third-order valence-corrected chi connectivity index (χ3v) is 2.03. The summed E-state index contributed by atoms with van der Waals surface area (Å²) in [6.07, 6.45) is -4.72. The molecule has 0 fully saturated rings. The van der Waals surface area contributed by atoms with Crippen LogP contribution in [0.15, 0.2) is 42.6 Å². The molecule has 1 unspecified atom stereocenters. The lowest BCUT2D eigenvalue weighted by Gasteiger charge is -2.17. The summed E-state index contributed by atoms with van der Waals surface area (Å²) in [4.78, 5) is 9.26. The van der Waals surface area contributed by atoms with Crippen LogP contribution in [-0.4, -0.2) is 11.1 Å². The van der Waals surface area contributed by atoms with E-state index in [0.717, 1.165) is 0 Å². The zero-order chi connectivity index (χ0) is 12.3. The molecule has 0 radical (unpaired) electrons. The second-order valence-corrected chi connectivity index (χ2v) is 3.13. The quantitative estimate of drug-likeness (QED) is 0.592. The van der Waals surface area contributed by atoms with Gasteiger partial charge in [0.05, 0.1) is 4.92 Å². The van der Waals surface area contributed by atoms with Crippen molar-refractivity contribution in [3.63, 3.8) is 0 Å². The number of alkyl halides is 3. The molecule has 1 atom stereocenters. The maximum Gasteiger partial charge on any atom is 0.405 e. The lowest BCUT2D eigenvalue weighted by Crippen LogP contribution is -2.25. The van der Waals surface area contributed by atoms with Gasteiger partial charge < -0.3 is 0 Å². The van der Waals surface area contributed by atoms with Gasteiger partial charge in [-0.2, -0.15) is 13.2 Å². The summed E-state index contributed by atoms with van der Waals surface area (Å²) < 4.78 is 38.0. The average molecular weight is 231 g/mol. The van der Waals surface area contributed by atoms with Gasteiger partial charge in [-0.1, -0.05) is 30.3 Å². The summed E-state index contributed by atoms with van der Waals surface area (Å²) in [6.45, 7) is 2.88. The molecule has 0 bridgehead atoms. The van der Waals surface area contributed by atoms with E-state index in [-0.39, 0.29) is 5.56 Å². The van der Waals surface area contributed by atoms with Crippen LogP contribution in [0.2, 0.25) is 0 Å². The first-order valence-electron chi connectivity index (χ1n) is 4.29. The molecule has 3 nitrogen and oxygen atoms in total. The minimum Gasteiger partial charge on any atom is -0.259 e. The van der Waals surface area contributed by atoms with Crippen LogP contribution in [0.3, 0.4) is 0 Å². The Kier molecular flexibility index (Phi) is 3.31. The number of benzene rings is 1. The molecular weight excluding hydrogens is 223 g/mol. The maximum atomic E-state index is 12.7. The van der Waals surface area contributed by atoms with Crippen molar-refractivity contribution < 1.29 is 18.1 Å². The van der Waals surface area contributed by atoms with Crippen LogP contribution in [0.1, 0.15) is 11.5 Å². The predicted molar refractivity (Wildman–Crippen MR) is 51.4 cm³/mol. The molecule has 16 heavy (non-hydrogen) atoms. The Hall–Kier alpha value is -1.85. The molecule has 0 N–H and O–H groups in total. The van der Waals surface area contributed by atoms with Crippen molar-refractivity contribution in [3.05, 3.63) is 58.3 Å². The number of rotatable bonds is 3. The van der Waals surface area contributed by atoms with Crippen molar-refractivity contribution in [1.29, 1.82) is 0 Å². The smallest absolute Gasteiger partial charge is 0.259 e. The summed E-state index contributed by atoms with van der Waals surface area (Å²) in [6, 6.07) is 6.69. The fourth-order valence-electron chi connectivity index (χ4n) is 1.32. The zero-order valence-corrected chi connectivity index (χ0v) is 8.07. The van der Waals surface area contributed by atoms with Gasteiger partial charge in [0.2, 0.25) is 0 Å². The average Bonchev–Trinajstić information content (AvgIpc) is 2.17. The SMILES string of the molecule is C=C(C(c1ccccc1)C(F)(F)F)[N+](=O)[O-]. The molecular formula is C10H8F3NO2. The van der Waals surface area contributed by atoms with Crippen LogP contribution in [0.25, 0.3) is 0 Å². The normalized spacial score (nSPS) is 13.2. The molecule has 86 valence electrons. The van der Waals surface area contributed by atoms with E-state index in [0.29, 0.717) is 0 Å². The van der Waals surface area contributed by atoms with Crippen molar-refractivity contribution in [3.8, 4) is 0 Å². The number of nitrogens with zero attached hydrogens (tertiary/aromatic N) is 1. The molecule has 1 aromatic rings. The Morgan fingerprint density at radius 1 is 1.31 bits per heavy atom. The van der Waals surface area contributed by atoms with Gasteiger partial charge in [-0.15, -0.1) is 0 Å². The van der Waals surface area contributed by atoms with E-state index in [1.807, 2.05) is 0 Å². The van der Waals surface area contributed by atoms with E-state index in [4.69, 9.17) is 0 Å². The molecule has 0 aliphatic rings. The third-order valence-electron chi connectivity index (χ3n) is 2.03. The highest BCUT2D eigenvalue weighted by Crippen LogP contribution is 2.39. The second kappa shape index (κ2) is 4.34. The summed E-state index contributed by atoms with van der Waals surface area (Å²) in [7, 11) is 0. The van der Waals surface area contributed by atoms with E-state index >= 15 is 0 Å². The Morgan fingerprint density at radius 2 is 1.81 bits per heavy atom. The van der Waals surface area contributed by atoms with Crippen LogP contribution in [-0.2, 0) is 0 Å². The molecule has 0 aliphatic carbocycles. The van der Waals surface area contributed by atoms with Crippen molar-refractivity contribution in [1.82, 2.24) is 0 Å². The highest BCUT2D eigenvalue weighted by molar-refractivity contribution is 5.27. The summed E-state index contributed by atoms with van der Waals surface area (Å²) >= 11 is 0. The number of hydrogen-bond donors (Lipinski definition) is 0. The largest absolute Gasteiger partial charge is 0.405 e. The van der Waals surface area contributed by atoms with Crippen molar-refractivity contribution in [2.24, 2.45) is 0 Å². The Morgan fingerprint density at radius 3 is 2.19 bits per heavy atom. The highest BCUT2D eigenvalue weighted by Gasteiger charge is 2.47. The topological polar surface area (TPSA) is 43.1 Å². The van der Waals surface area contributed by atoms with E-state index in [1.54, 1.807) is 0 Å². The van der Waals surface area contributed by atoms with Crippen LogP contribution >= 0.6 is 0 Å². The van der Waals surface area contributed by atoms with Gasteiger partial charge in [-0.05, 0) is 12.1 Å². The Balaban J connectivity index is 3.18. The standard InChI is InChI=1S/C10H8F3NO2/c1-7(14(15)16)9(10(11,12)13)8-5-3-2-4-6-8/h2-6,9H,1H2. The molecule has 1 aromatic carbocycles. The van der Waals surface area contributed by atoms with Gasteiger partial charge >= 0.3 is 6.18 Å². The minimum atomic E-state index is -4.72. The summed E-state index contributed by atoms with van der Waals surface area (Å²) in [5.74, 6) is -2.26. The van der Waals surface area contributed by atoms with Gasteiger partial charge in [-0.3, -0.25) is 10.1 Å². The molecule has 0 aromatic heterocycles. The summed E-state index contributed by atoms with van der Waals surface area (Å²) in [5, 5.41) is 10.4. The van der Waals surface area contributed by atoms with E-state index in [2.05, 4.69) is 6.58 Å². The van der Waals surface area contributed by atoms with Gasteiger partial charge in [-0.25, -0.2) is 0 Å². The van der Waals surface area contributed by atoms with E-state index in [1.165, 1.54) is 30.3 Å². The molecule has 0 spiro atoms. The Bertz CT molecular complexity index is 400. The molecule has 0 heterocycles. The lowest BCUT2D eigenvalue weighted by atomic mass is 9.96. The van der Waals surface area contributed by atoms with E-state index < -0.39 is 22.7 Å². The molecule has 0 saturated heterocycles. The van der Waals surface area contributed by atoms with E-state index in [9.17, 15) is 23.3 Å². The van der Waals surface area contributed by atoms with Crippen molar-refractivity contribution in [2.45, 2.75) is 12.1 Å². The molecule has 0 amide bonds. The Labute approximate surface area is 89.4 Å². The van der Waals surface area contributed by atoms with Gasteiger partial charge in [0.25, 0.3) is 5.70 Å². The third kappa shape index (κ3) is 2.59. The second-order valence-electron chi connectivity index (χ2n) is 3.13. The lowest BCUT2D eigenvalue weighted by molar-refractivity contribution is -0.436. The fourth-order valence-corrected chi connectivity index (χ4v) is 1.32. The number of halogens is 3. The first-order chi connectivity index (χ1) is 7.34. The summed E-state index contributed by atoms with van der Waals surface area (Å²) in [5.41, 5.74) is -1.25. The number of hydrogen-bond acceptors (Lipinski definition) is 2. The first-order valence-corrected chi connectivity index (χ1v) is 4.29. The highest BCUT2D eigenvalue weighted by atomic mass is 19.4. The predicted octanol–water partition coefficient (Wildman–Crippen LogP) is 3.12. The van der Waals surface area contributed by atoms with Crippen LogP contribution in [0, 0.1) is 10.1 Å². The monoisotopic (exact) mass is 231 g/mol. The molecule has 0 saturated carbocycles. The number of allylic oxidation sites excluding steroid dienone is 1. The van der Waals surface area contributed by atoms with Gasteiger partial charge in [0, 0.05) is 0 Å². The van der Waals surface area contributed by atoms with Crippen LogP contribution < -0.4 is 0 Å². The van der Waals surface area contributed by atoms with Gasteiger partial charge in [0.1, 0.15) is 0 Å². The fraction of sp³-hybridized carbons (Fsp3) is 0.200. The van der Waals surface area contributed by atoms with Crippen molar-refractivity contribution in [2.75, 3.05) is 0 Å². The molecule has 0 aliphatic heterocycles. The van der Waals surface area contributed by atoms with Gasteiger partial charge in [0.15, 0.2) is 5.92 Å².